The first-order valence-electron chi connectivity index (χ1n) is 5.39. The fourth-order valence-electron chi connectivity index (χ4n) is 1.46. The molecule has 1 aromatic heterocycles. The van der Waals surface area contributed by atoms with E-state index in [1.807, 2.05) is 0 Å². The van der Waals surface area contributed by atoms with E-state index in [2.05, 4.69) is 4.98 Å². The van der Waals surface area contributed by atoms with Gasteiger partial charge in [-0.15, -0.1) is 0 Å². The van der Waals surface area contributed by atoms with Crippen molar-refractivity contribution in [2.24, 2.45) is 0 Å². The fourth-order valence-corrected chi connectivity index (χ4v) is 1.46. The zero-order valence-corrected chi connectivity index (χ0v) is 9.90. The molecule has 0 bridgehead atoms. The molecule has 104 valence electrons. The zero-order chi connectivity index (χ0) is 14.4. The maximum Gasteiger partial charge on any atom is 0.286 e. The van der Waals surface area contributed by atoms with Crippen LogP contribution in [0.25, 0.3) is 0 Å². The van der Waals surface area contributed by atoms with Crippen molar-refractivity contribution in [3.05, 3.63) is 38.3 Å². The van der Waals surface area contributed by atoms with Crippen LogP contribution in [0.5, 0.6) is 0 Å². The van der Waals surface area contributed by atoms with E-state index in [9.17, 15) is 19.7 Å². The Morgan fingerprint density at radius 2 is 1.95 bits per heavy atom. The molecule has 0 aliphatic carbocycles. The topological polar surface area (TPSA) is 137 Å². The van der Waals surface area contributed by atoms with E-state index in [-0.39, 0.29) is 26.3 Å². The van der Waals surface area contributed by atoms with Gasteiger partial charge in [0.15, 0.2) is 0 Å². The summed E-state index contributed by atoms with van der Waals surface area (Å²) in [4.78, 5) is 36.5. The number of nitrogens with zero attached hydrogens (tertiary/aromatic N) is 2. The Kier molecular flexibility index (Phi) is 5.15. The smallest absolute Gasteiger partial charge is 0.286 e. The summed E-state index contributed by atoms with van der Waals surface area (Å²) in [5.74, 6) is -0.784. The molecular formula is C10H13N3O6. The van der Waals surface area contributed by atoms with Crippen molar-refractivity contribution >= 4 is 11.6 Å². The van der Waals surface area contributed by atoms with Crippen LogP contribution in [0.2, 0.25) is 0 Å². The Morgan fingerprint density at radius 1 is 1.37 bits per heavy atom. The molecule has 0 saturated heterocycles. The number of aliphatic hydroxyl groups is 2. The third kappa shape index (κ3) is 3.60. The maximum atomic E-state index is 12.0. The van der Waals surface area contributed by atoms with Crippen molar-refractivity contribution in [2.75, 3.05) is 26.3 Å². The zero-order valence-electron chi connectivity index (χ0n) is 9.90. The Morgan fingerprint density at radius 3 is 2.42 bits per heavy atom. The van der Waals surface area contributed by atoms with Gasteiger partial charge in [0.05, 0.1) is 24.3 Å². The van der Waals surface area contributed by atoms with Crippen molar-refractivity contribution < 1.29 is 19.9 Å². The number of nitro groups is 1. The van der Waals surface area contributed by atoms with Gasteiger partial charge in [0.1, 0.15) is 5.56 Å². The second-order valence-electron chi connectivity index (χ2n) is 3.60. The molecule has 19 heavy (non-hydrogen) atoms. The lowest BCUT2D eigenvalue weighted by molar-refractivity contribution is -0.385. The van der Waals surface area contributed by atoms with Gasteiger partial charge in [0.25, 0.3) is 17.2 Å². The minimum Gasteiger partial charge on any atom is -0.395 e. The summed E-state index contributed by atoms with van der Waals surface area (Å²) in [6.45, 7) is -0.861. The summed E-state index contributed by atoms with van der Waals surface area (Å²) in [6, 6.07) is 0.864. The van der Waals surface area contributed by atoms with Crippen molar-refractivity contribution in [1.82, 2.24) is 9.88 Å². The van der Waals surface area contributed by atoms with E-state index in [4.69, 9.17) is 10.2 Å². The summed E-state index contributed by atoms with van der Waals surface area (Å²) in [5, 5.41) is 28.2. The predicted molar refractivity (Wildman–Crippen MR) is 63.8 cm³/mol. The Labute approximate surface area is 107 Å². The van der Waals surface area contributed by atoms with E-state index in [1.165, 1.54) is 0 Å². The number of carbonyl (C=O) groups is 1. The number of aliphatic hydroxyl groups excluding tert-OH is 2. The standard InChI is InChI=1S/C10H13N3O6/c14-3-1-12(2-4-15)10(17)8-5-7(13(18)19)6-11-9(8)16/h5-6,14-15H,1-4H2,(H,11,16). The molecule has 1 heterocycles. The van der Waals surface area contributed by atoms with E-state index in [0.717, 1.165) is 17.2 Å². The lowest BCUT2D eigenvalue weighted by Crippen LogP contribution is -2.38. The van der Waals surface area contributed by atoms with Gasteiger partial charge >= 0.3 is 0 Å². The Hall–Kier alpha value is -2.26. The number of aromatic amines is 1. The van der Waals surface area contributed by atoms with Crippen LogP contribution in [0.3, 0.4) is 0 Å². The van der Waals surface area contributed by atoms with Crippen molar-refractivity contribution in [1.29, 1.82) is 0 Å². The second-order valence-corrected chi connectivity index (χ2v) is 3.60. The monoisotopic (exact) mass is 271 g/mol. The van der Waals surface area contributed by atoms with Crippen LogP contribution in [-0.2, 0) is 0 Å². The Balaban J connectivity index is 3.12. The molecule has 0 atom stereocenters. The predicted octanol–water partition coefficient (Wildman–Crippen LogP) is -1.29. The largest absolute Gasteiger partial charge is 0.395 e. The van der Waals surface area contributed by atoms with Crippen LogP contribution in [0.15, 0.2) is 17.1 Å². The van der Waals surface area contributed by atoms with Gasteiger partial charge in [-0.2, -0.15) is 0 Å². The van der Waals surface area contributed by atoms with E-state index in [0.29, 0.717) is 0 Å². The molecule has 0 spiro atoms. The number of aromatic nitrogens is 1. The average Bonchev–Trinajstić information content (AvgIpc) is 2.38. The molecule has 1 aromatic rings. The number of hydrogen-bond acceptors (Lipinski definition) is 6. The molecule has 0 aliphatic rings. The number of amides is 1. The molecule has 1 amide bonds. The van der Waals surface area contributed by atoms with Crippen LogP contribution >= 0.6 is 0 Å². The summed E-state index contributed by atoms with van der Waals surface area (Å²) >= 11 is 0. The lowest BCUT2D eigenvalue weighted by atomic mass is 10.2. The molecule has 9 nitrogen and oxygen atoms in total. The van der Waals surface area contributed by atoms with Crippen LogP contribution in [0.1, 0.15) is 10.4 Å². The van der Waals surface area contributed by atoms with Crippen LogP contribution < -0.4 is 5.56 Å². The first-order chi connectivity index (χ1) is 9.01. The molecular weight excluding hydrogens is 258 g/mol. The third-order valence-corrected chi connectivity index (χ3v) is 2.36. The molecule has 0 aliphatic heterocycles. The highest BCUT2D eigenvalue weighted by Crippen LogP contribution is 2.10. The minimum atomic E-state index is -0.784. The van der Waals surface area contributed by atoms with Crippen molar-refractivity contribution in [2.45, 2.75) is 0 Å². The highest BCUT2D eigenvalue weighted by Gasteiger charge is 2.21. The lowest BCUT2D eigenvalue weighted by Gasteiger charge is -2.19. The first kappa shape index (κ1) is 14.8. The van der Waals surface area contributed by atoms with E-state index in [1.54, 1.807) is 0 Å². The number of carbonyl (C=O) groups excluding carboxylic acids is 1. The molecule has 0 unspecified atom stereocenters. The summed E-state index contributed by atoms with van der Waals surface area (Å²) in [5.41, 5.74) is -1.59. The minimum absolute atomic E-state index is 0.0818. The van der Waals surface area contributed by atoms with Crippen LogP contribution in [0, 0.1) is 10.1 Å². The van der Waals surface area contributed by atoms with Gasteiger partial charge in [0, 0.05) is 19.2 Å². The first-order valence-corrected chi connectivity index (χ1v) is 5.39. The quantitative estimate of drug-likeness (QED) is 0.435. The van der Waals surface area contributed by atoms with Gasteiger partial charge in [0.2, 0.25) is 0 Å². The second kappa shape index (κ2) is 6.61. The van der Waals surface area contributed by atoms with Gasteiger partial charge in [-0.1, -0.05) is 0 Å². The summed E-state index contributed by atoms with van der Waals surface area (Å²) in [6.07, 6.45) is 0.890. The van der Waals surface area contributed by atoms with Crippen molar-refractivity contribution in [3.8, 4) is 0 Å². The molecule has 9 heteroatoms. The van der Waals surface area contributed by atoms with Gasteiger partial charge in [-0.3, -0.25) is 19.7 Å². The molecule has 1 rings (SSSR count). The molecule has 0 fully saturated rings. The fraction of sp³-hybridized carbons (Fsp3) is 0.400. The van der Waals surface area contributed by atoms with Crippen LogP contribution in [-0.4, -0.2) is 57.2 Å². The van der Waals surface area contributed by atoms with Crippen molar-refractivity contribution in [3.63, 3.8) is 0 Å². The average molecular weight is 271 g/mol. The number of rotatable bonds is 6. The molecule has 0 radical (unpaired) electrons. The summed E-state index contributed by atoms with van der Waals surface area (Å²) < 4.78 is 0. The third-order valence-electron chi connectivity index (χ3n) is 2.36. The van der Waals surface area contributed by atoms with E-state index < -0.39 is 27.6 Å². The van der Waals surface area contributed by atoms with Gasteiger partial charge in [-0.25, -0.2) is 0 Å². The molecule has 3 N–H and O–H groups in total. The number of H-pyrrole nitrogens is 1. The number of pyridine rings is 1. The highest BCUT2D eigenvalue weighted by molar-refractivity contribution is 5.94. The Bertz CT molecular complexity index is 520. The maximum absolute atomic E-state index is 12.0. The number of nitrogens with one attached hydrogen (secondary N) is 1. The van der Waals surface area contributed by atoms with Gasteiger partial charge < -0.3 is 20.1 Å². The normalized spacial score (nSPS) is 10.2. The van der Waals surface area contributed by atoms with Crippen LogP contribution in [0.4, 0.5) is 5.69 Å². The molecule has 0 saturated carbocycles. The van der Waals surface area contributed by atoms with Gasteiger partial charge in [-0.05, 0) is 0 Å². The summed E-state index contributed by atoms with van der Waals surface area (Å²) in [7, 11) is 0. The molecule has 0 aromatic carbocycles. The number of hydrogen-bond donors (Lipinski definition) is 3. The SMILES string of the molecule is O=C(c1cc([N+](=O)[O-])c[nH]c1=O)N(CCO)CCO. The van der Waals surface area contributed by atoms with E-state index >= 15 is 0 Å². The highest BCUT2D eigenvalue weighted by atomic mass is 16.6.